The van der Waals surface area contributed by atoms with Crippen molar-refractivity contribution in [1.29, 1.82) is 0 Å². The van der Waals surface area contributed by atoms with Gasteiger partial charge in [0.15, 0.2) is 6.61 Å². The number of thioether (sulfide) groups is 1. The molecule has 0 saturated heterocycles. The predicted molar refractivity (Wildman–Crippen MR) is 97.3 cm³/mol. The summed E-state index contributed by atoms with van der Waals surface area (Å²) >= 11 is 1.68. The molecular weight excluding hydrogens is 310 g/mol. The van der Waals surface area contributed by atoms with E-state index in [4.69, 9.17) is 4.74 Å². The molecule has 1 unspecified atom stereocenters. The Labute approximate surface area is 144 Å². The first-order valence-corrected chi connectivity index (χ1v) is 9.25. The lowest BCUT2D eigenvalue weighted by molar-refractivity contribution is -0.124. The van der Waals surface area contributed by atoms with Crippen molar-refractivity contribution in [2.24, 2.45) is 0 Å². The molecule has 0 fully saturated rings. The third kappa shape index (κ3) is 7.75. The molecule has 0 aliphatic heterocycles. The number of ether oxygens (including phenoxy) is 1. The first-order valence-electron chi connectivity index (χ1n) is 7.85. The smallest absolute Gasteiger partial charge is 0.258 e. The second-order valence-corrected chi connectivity index (χ2v) is 8.07. The summed E-state index contributed by atoms with van der Waals surface area (Å²) in [6, 6.07) is 7.78. The van der Waals surface area contributed by atoms with Gasteiger partial charge in [0.05, 0.1) is 5.60 Å². The number of aliphatic hydroxyl groups is 1. The minimum Gasteiger partial charge on any atom is -0.484 e. The zero-order valence-electron chi connectivity index (χ0n) is 14.8. The van der Waals surface area contributed by atoms with Crippen molar-refractivity contribution >= 4 is 17.7 Å². The van der Waals surface area contributed by atoms with E-state index >= 15 is 0 Å². The van der Waals surface area contributed by atoms with Crippen LogP contribution in [-0.2, 0) is 10.2 Å². The number of nitrogens with one attached hydrogen (secondary N) is 1. The van der Waals surface area contributed by atoms with Crippen LogP contribution in [0.25, 0.3) is 0 Å². The Kier molecular flexibility index (Phi) is 7.42. The summed E-state index contributed by atoms with van der Waals surface area (Å²) in [6.07, 6.45) is 2.64. The van der Waals surface area contributed by atoms with E-state index in [1.165, 1.54) is 5.56 Å². The van der Waals surface area contributed by atoms with Gasteiger partial charge in [-0.25, -0.2) is 0 Å². The Balaban J connectivity index is 2.39. The van der Waals surface area contributed by atoms with Crippen molar-refractivity contribution < 1.29 is 14.6 Å². The molecule has 1 amide bonds. The minimum atomic E-state index is -0.882. The summed E-state index contributed by atoms with van der Waals surface area (Å²) in [4.78, 5) is 11.8. The highest BCUT2D eigenvalue weighted by Crippen LogP contribution is 2.24. The van der Waals surface area contributed by atoms with Crippen molar-refractivity contribution in [1.82, 2.24) is 5.32 Å². The van der Waals surface area contributed by atoms with Crippen LogP contribution in [0.5, 0.6) is 5.75 Å². The fourth-order valence-corrected chi connectivity index (χ4v) is 2.59. The van der Waals surface area contributed by atoms with Gasteiger partial charge in [-0.3, -0.25) is 4.79 Å². The summed E-state index contributed by atoms with van der Waals surface area (Å²) in [5.41, 5.74) is 0.435. The van der Waals surface area contributed by atoms with E-state index < -0.39 is 5.60 Å². The predicted octanol–water partition coefficient (Wildman–Crippen LogP) is 2.98. The lowest BCUT2D eigenvalue weighted by atomic mass is 9.87. The molecule has 130 valence electrons. The van der Waals surface area contributed by atoms with Crippen LogP contribution in [0.2, 0.25) is 0 Å². The first kappa shape index (κ1) is 19.8. The maximum atomic E-state index is 11.8. The van der Waals surface area contributed by atoms with Crippen molar-refractivity contribution in [3.63, 3.8) is 0 Å². The highest BCUT2D eigenvalue weighted by atomic mass is 32.2. The van der Waals surface area contributed by atoms with E-state index in [-0.39, 0.29) is 24.5 Å². The molecule has 0 aliphatic rings. The lowest BCUT2D eigenvalue weighted by Crippen LogP contribution is -2.42. The molecule has 23 heavy (non-hydrogen) atoms. The van der Waals surface area contributed by atoms with Crippen molar-refractivity contribution in [2.45, 2.75) is 45.1 Å². The van der Waals surface area contributed by atoms with Crippen molar-refractivity contribution in [3.8, 4) is 5.75 Å². The fourth-order valence-electron chi connectivity index (χ4n) is 1.95. The molecule has 0 aromatic heterocycles. The summed E-state index contributed by atoms with van der Waals surface area (Å²) < 4.78 is 5.48. The second-order valence-electron chi connectivity index (χ2n) is 7.08. The number of hydrogen-bond acceptors (Lipinski definition) is 4. The van der Waals surface area contributed by atoms with Gasteiger partial charge in [0.2, 0.25) is 0 Å². The SMILES string of the molecule is CSCCC(C)(O)CNC(=O)COc1ccc(C(C)(C)C)cc1. The van der Waals surface area contributed by atoms with Crippen LogP contribution in [0.3, 0.4) is 0 Å². The zero-order valence-corrected chi connectivity index (χ0v) is 15.6. The number of carbonyl (C=O) groups is 1. The Morgan fingerprint density at radius 3 is 2.35 bits per heavy atom. The van der Waals surface area contributed by atoms with Crippen molar-refractivity contribution in [2.75, 3.05) is 25.2 Å². The van der Waals surface area contributed by atoms with Gasteiger partial charge in [-0.1, -0.05) is 32.9 Å². The van der Waals surface area contributed by atoms with E-state index in [2.05, 4.69) is 26.1 Å². The van der Waals surface area contributed by atoms with Crippen LogP contribution in [0.4, 0.5) is 0 Å². The topological polar surface area (TPSA) is 58.6 Å². The molecular formula is C18H29NO3S. The normalized spacial score (nSPS) is 14.2. The van der Waals surface area contributed by atoms with Crippen molar-refractivity contribution in [3.05, 3.63) is 29.8 Å². The molecule has 0 radical (unpaired) electrons. The second kappa shape index (κ2) is 8.60. The van der Waals surface area contributed by atoms with Gasteiger partial charge in [0.1, 0.15) is 5.75 Å². The standard InChI is InChI=1S/C18H29NO3S/c1-17(2,3)14-6-8-15(9-7-14)22-12-16(20)19-13-18(4,21)10-11-23-5/h6-9,21H,10-13H2,1-5H3,(H,19,20). The van der Waals surface area contributed by atoms with E-state index in [9.17, 15) is 9.90 Å². The molecule has 5 heteroatoms. The summed E-state index contributed by atoms with van der Waals surface area (Å²) in [5.74, 6) is 1.30. The maximum Gasteiger partial charge on any atom is 0.258 e. The van der Waals surface area contributed by atoms with Gasteiger partial charge in [-0.2, -0.15) is 11.8 Å². The molecule has 1 rings (SSSR count). The molecule has 2 N–H and O–H groups in total. The lowest BCUT2D eigenvalue weighted by Gasteiger charge is -2.23. The third-order valence-electron chi connectivity index (χ3n) is 3.60. The van der Waals surface area contributed by atoms with Crippen LogP contribution in [0.15, 0.2) is 24.3 Å². The molecule has 0 spiro atoms. The van der Waals surface area contributed by atoms with Gasteiger partial charge in [-0.05, 0) is 48.5 Å². The molecule has 4 nitrogen and oxygen atoms in total. The average Bonchev–Trinajstić information content (AvgIpc) is 2.48. The Bertz CT molecular complexity index is 492. The molecule has 0 heterocycles. The van der Waals surface area contributed by atoms with Crippen LogP contribution < -0.4 is 10.1 Å². The van der Waals surface area contributed by atoms with E-state index in [0.29, 0.717) is 12.2 Å². The van der Waals surface area contributed by atoms with Crippen LogP contribution >= 0.6 is 11.8 Å². The molecule has 1 atom stereocenters. The largest absolute Gasteiger partial charge is 0.484 e. The third-order valence-corrected chi connectivity index (χ3v) is 4.21. The highest BCUT2D eigenvalue weighted by Gasteiger charge is 2.20. The van der Waals surface area contributed by atoms with Crippen LogP contribution in [0, 0.1) is 0 Å². The van der Waals surface area contributed by atoms with Gasteiger partial charge >= 0.3 is 0 Å². The minimum absolute atomic E-state index is 0.0481. The Morgan fingerprint density at radius 1 is 1.22 bits per heavy atom. The summed E-state index contributed by atoms with van der Waals surface area (Å²) in [7, 11) is 0. The van der Waals surface area contributed by atoms with Gasteiger partial charge in [0.25, 0.3) is 5.91 Å². The highest BCUT2D eigenvalue weighted by molar-refractivity contribution is 7.98. The molecule has 0 bridgehead atoms. The molecule has 0 saturated carbocycles. The van der Waals surface area contributed by atoms with Gasteiger partial charge < -0.3 is 15.2 Å². The summed E-state index contributed by atoms with van der Waals surface area (Å²) in [6.45, 7) is 8.37. The van der Waals surface area contributed by atoms with Crippen LogP contribution in [-0.4, -0.2) is 41.8 Å². The zero-order chi connectivity index (χ0) is 17.5. The molecule has 1 aromatic rings. The quantitative estimate of drug-likeness (QED) is 0.764. The number of amides is 1. The Hall–Kier alpha value is -1.20. The van der Waals surface area contributed by atoms with Gasteiger partial charge in [-0.15, -0.1) is 0 Å². The first-order chi connectivity index (χ1) is 10.6. The number of benzene rings is 1. The number of hydrogen-bond donors (Lipinski definition) is 2. The van der Waals surface area contributed by atoms with Crippen LogP contribution in [0.1, 0.15) is 39.7 Å². The fraction of sp³-hybridized carbons (Fsp3) is 0.611. The Morgan fingerprint density at radius 2 is 1.83 bits per heavy atom. The summed E-state index contributed by atoms with van der Waals surface area (Å²) in [5, 5.41) is 12.8. The van der Waals surface area contributed by atoms with E-state index in [0.717, 1.165) is 5.75 Å². The average molecular weight is 340 g/mol. The van der Waals surface area contributed by atoms with Gasteiger partial charge in [0, 0.05) is 6.54 Å². The maximum absolute atomic E-state index is 11.8. The van der Waals surface area contributed by atoms with E-state index in [1.807, 2.05) is 30.5 Å². The van der Waals surface area contributed by atoms with E-state index in [1.54, 1.807) is 18.7 Å². The monoisotopic (exact) mass is 339 g/mol. The molecule has 0 aliphatic carbocycles. The molecule has 1 aromatic carbocycles. The number of rotatable bonds is 8. The number of carbonyl (C=O) groups excluding carboxylic acids is 1.